The first-order valence-electron chi connectivity index (χ1n) is 7.99. The van der Waals surface area contributed by atoms with E-state index < -0.39 is 0 Å². The molecule has 3 aromatic heterocycles. The van der Waals surface area contributed by atoms with Crippen LogP contribution in [-0.4, -0.2) is 23.9 Å². The van der Waals surface area contributed by atoms with Gasteiger partial charge in [0, 0.05) is 5.56 Å². The van der Waals surface area contributed by atoms with Crippen LogP contribution in [0.4, 0.5) is 0 Å². The maximum atomic E-state index is 5.54. The minimum atomic E-state index is 0.203. The summed E-state index contributed by atoms with van der Waals surface area (Å²) in [5, 5.41) is 4.13. The first-order chi connectivity index (χ1) is 12.8. The van der Waals surface area contributed by atoms with Gasteiger partial charge in [-0.05, 0) is 35.0 Å². The van der Waals surface area contributed by atoms with Crippen LogP contribution in [0.25, 0.3) is 32.5 Å². The molecule has 26 heavy (non-hydrogen) atoms. The zero-order chi connectivity index (χ0) is 17.5. The van der Waals surface area contributed by atoms with Crippen LogP contribution in [0.2, 0.25) is 0 Å². The van der Waals surface area contributed by atoms with Gasteiger partial charge in [-0.15, -0.1) is 22.7 Å². The number of ether oxygens (including phenoxy) is 3. The second-order valence-corrected chi connectivity index (χ2v) is 7.57. The van der Waals surface area contributed by atoms with Crippen molar-refractivity contribution in [3.63, 3.8) is 0 Å². The standard InChI is InChI=1S/C19H14N2O3S2/c1-22-12-8-11(9-13-18(12)24-10-23-13)19-20-16(14-4-2-6-25-14)17(21-19)15-5-3-7-26-15/h2-9H,10H2,1H3,(H,20,21). The Morgan fingerprint density at radius 3 is 2.62 bits per heavy atom. The fourth-order valence-corrected chi connectivity index (χ4v) is 4.41. The largest absolute Gasteiger partial charge is 0.493 e. The molecule has 0 bridgehead atoms. The molecule has 1 aromatic carbocycles. The fourth-order valence-electron chi connectivity index (χ4n) is 2.97. The molecule has 0 fully saturated rings. The Labute approximate surface area is 157 Å². The van der Waals surface area contributed by atoms with Gasteiger partial charge < -0.3 is 19.2 Å². The highest BCUT2D eigenvalue weighted by Crippen LogP contribution is 2.45. The molecular weight excluding hydrogens is 368 g/mol. The number of thiophene rings is 2. The molecule has 0 atom stereocenters. The lowest BCUT2D eigenvalue weighted by molar-refractivity contribution is 0.171. The molecule has 130 valence electrons. The SMILES string of the molecule is COc1cc(-c2nc(-c3cccs3)c(-c3cccs3)[nH]2)cc2c1OCO2. The predicted octanol–water partition coefficient (Wildman–Crippen LogP) is 5.27. The number of nitrogens with one attached hydrogen (secondary N) is 1. The van der Waals surface area contributed by atoms with E-state index in [1.54, 1.807) is 29.8 Å². The number of methoxy groups -OCH3 is 1. The molecule has 1 N–H and O–H groups in total. The van der Waals surface area contributed by atoms with Crippen molar-refractivity contribution in [3.05, 3.63) is 47.2 Å². The lowest BCUT2D eigenvalue weighted by Crippen LogP contribution is -1.93. The molecule has 5 rings (SSSR count). The van der Waals surface area contributed by atoms with E-state index in [0.717, 1.165) is 32.5 Å². The summed E-state index contributed by atoms with van der Waals surface area (Å²) in [6.45, 7) is 0.203. The van der Waals surface area contributed by atoms with Crippen molar-refractivity contribution in [1.82, 2.24) is 9.97 Å². The van der Waals surface area contributed by atoms with E-state index >= 15 is 0 Å². The van der Waals surface area contributed by atoms with Gasteiger partial charge >= 0.3 is 0 Å². The maximum absolute atomic E-state index is 5.54. The minimum absolute atomic E-state index is 0.203. The number of hydrogen-bond donors (Lipinski definition) is 1. The molecule has 0 saturated heterocycles. The molecule has 0 unspecified atom stereocenters. The molecule has 0 saturated carbocycles. The number of aromatic amines is 1. The zero-order valence-electron chi connectivity index (χ0n) is 13.8. The van der Waals surface area contributed by atoms with Crippen molar-refractivity contribution < 1.29 is 14.2 Å². The third-order valence-corrected chi connectivity index (χ3v) is 5.92. The minimum Gasteiger partial charge on any atom is -0.493 e. The summed E-state index contributed by atoms with van der Waals surface area (Å²) in [6, 6.07) is 12.1. The molecule has 0 radical (unpaired) electrons. The summed E-state index contributed by atoms with van der Waals surface area (Å²) in [6.07, 6.45) is 0. The Hall–Kier alpha value is -2.77. The molecule has 0 amide bonds. The van der Waals surface area contributed by atoms with Gasteiger partial charge in [0.05, 0.1) is 22.6 Å². The maximum Gasteiger partial charge on any atom is 0.231 e. The van der Waals surface area contributed by atoms with Crippen LogP contribution in [0, 0.1) is 0 Å². The smallest absolute Gasteiger partial charge is 0.231 e. The number of imidazole rings is 1. The first kappa shape index (κ1) is 15.5. The molecular formula is C19H14N2O3S2. The third-order valence-electron chi connectivity index (χ3n) is 4.16. The van der Waals surface area contributed by atoms with Gasteiger partial charge in [0.1, 0.15) is 11.5 Å². The normalized spacial score (nSPS) is 12.5. The number of H-pyrrole nitrogens is 1. The zero-order valence-corrected chi connectivity index (χ0v) is 15.4. The van der Waals surface area contributed by atoms with E-state index in [9.17, 15) is 0 Å². The van der Waals surface area contributed by atoms with Gasteiger partial charge in [-0.25, -0.2) is 4.98 Å². The summed E-state index contributed by atoms with van der Waals surface area (Å²) in [5.41, 5.74) is 2.87. The average Bonchev–Trinajstić information content (AvgIpc) is 3.46. The van der Waals surface area contributed by atoms with Gasteiger partial charge in [0.2, 0.25) is 12.5 Å². The number of aromatic nitrogens is 2. The molecule has 1 aliphatic heterocycles. The monoisotopic (exact) mass is 382 g/mol. The Morgan fingerprint density at radius 2 is 1.88 bits per heavy atom. The van der Waals surface area contributed by atoms with Crippen LogP contribution in [0.5, 0.6) is 17.2 Å². The van der Waals surface area contributed by atoms with E-state index in [-0.39, 0.29) is 6.79 Å². The van der Waals surface area contributed by atoms with E-state index in [1.807, 2.05) is 24.3 Å². The van der Waals surface area contributed by atoms with Crippen molar-refractivity contribution >= 4 is 22.7 Å². The molecule has 5 nitrogen and oxygen atoms in total. The molecule has 4 aromatic rings. The highest BCUT2D eigenvalue weighted by molar-refractivity contribution is 7.14. The van der Waals surface area contributed by atoms with Crippen LogP contribution in [0.3, 0.4) is 0 Å². The molecule has 4 heterocycles. The first-order valence-corrected chi connectivity index (χ1v) is 9.75. The fraction of sp³-hybridized carbons (Fsp3) is 0.105. The topological polar surface area (TPSA) is 56.4 Å². The third kappa shape index (κ3) is 2.48. The number of hydrogen-bond acceptors (Lipinski definition) is 6. The van der Waals surface area contributed by atoms with Crippen LogP contribution in [-0.2, 0) is 0 Å². The number of nitrogens with zero attached hydrogens (tertiary/aromatic N) is 1. The Morgan fingerprint density at radius 1 is 1.08 bits per heavy atom. The lowest BCUT2D eigenvalue weighted by atomic mass is 10.1. The quantitative estimate of drug-likeness (QED) is 0.522. The summed E-state index contributed by atoms with van der Waals surface area (Å²) in [5.74, 6) is 2.72. The summed E-state index contributed by atoms with van der Waals surface area (Å²) >= 11 is 3.36. The van der Waals surface area contributed by atoms with Crippen molar-refractivity contribution in [2.24, 2.45) is 0 Å². The van der Waals surface area contributed by atoms with Crippen LogP contribution < -0.4 is 14.2 Å². The Balaban J connectivity index is 1.68. The number of fused-ring (bicyclic) bond motifs is 1. The van der Waals surface area contributed by atoms with Gasteiger partial charge in [-0.2, -0.15) is 0 Å². The van der Waals surface area contributed by atoms with Crippen LogP contribution in [0.1, 0.15) is 0 Å². The second-order valence-electron chi connectivity index (χ2n) is 5.68. The summed E-state index contributed by atoms with van der Waals surface area (Å²) in [7, 11) is 1.62. The van der Waals surface area contributed by atoms with Crippen LogP contribution in [0.15, 0.2) is 47.2 Å². The van der Waals surface area contributed by atoms with E-state index in [4.69, 9.17) is 19.2 Å². The Bertz CT molecular complexity index is 1000. The molecule has 1 aliphatic rings. The van der Waals surface area contributed by atoms with Crippen LogP contribution >= 0.6 is 22.7 Å². The molecule has 0 aliphatic carbocycles. The van der Waals surface area contributed by atoms with Crippen molar-refractivity contribution in [1.29, 1.82) is 0 Å². The van der Waals surface area contributed by atoms with E-state index in [2.05, 4.69) is 27.9 Å². The second kappa shape index (κ2) is 6.19. The highest BCUT2D eigenvalue weighted by atomic mass is 32.1. The van der Waals surface area contributed by atoms with Crippen molar-refractivity contribution in [2.75, 3.05) is 13.9 Å². The number of benzene rings is 1. The van der Waals surface area contributed by atoms with E-state index in [0.29, 0.717) is 17.2 Å². The van der Waals surface area contributed by atoms with Gasteiger partial charge in [0.25, 0.3) is 0 Å². The Kier molecular flexibility index (Phi) is 3.69. The lowest BCUT2D eigenvalue weighted by Gasteiger charge is -2.06. The van der Waals surface area contributed by atoms with E-state index in [1.165, 1.54) is 0 Å². The summed E-state index contributed by atoms with van der Waals surface area (Å²) < 4.78 is 16.5. The average molecular weight is 382 g/mol. The van der Waals surface area contributed by atoms with Gasteiger partial charge in [-0.1, -0.05) is 12.1 Å². The number of rotatable bonds is 4. The predicted molar refractivity (Wildman–Crippen MR) is 103 cm³/mol. The van der Waals surface area contributed by atoms with Gasteiger partial charge in [0.15, 0.2) is 11.5 Å². The molecule has 7 heteroatoms. The van der Waals surface area contributed by atoms with Gasteiger partial charge in [-0.3, -0.25) is 0 Å². The molecule has 0 spiro atoms. The highest BCUT2D eigenvalue weighted by Gasteiger charge is 2.23. The summed E-state index contributed by atoms with van der Waals surface area (Å²) in [4.78, 5) is 10.7. The van der Waals surface area contributed by atoms with Crippen molar-refractivity contribution in [3.8, 4) is 49.8 Å². The van der Waals surface area contributed by atoms with Crippen molar-refractivity contribution in [2.45, 2.75) is 0 Å².